The van der Waals surface area contributed by atoms with Crippen LogP contribution in [0.5, 0.6) is 0 Å². The molecule has 1 saturated carbocycles. The zero-order valence-corrected chi connectivity index (χ0v) is 9.97. The van der Waals surface area contributed by atoms with Crippen LogP contribution in [-0.4, -0.2) is 18.4 Å². The molecule has 0 aromatic rings. The summed E-state index contributed by atoms with van der Waals surface area (Å²) in [5.41, 5.74) is 0. The number of aliphatic imine (C=N–C) groups is 1. The Kier molecular flexibility index (Phi) is 4.04. The van der Waals surface area contributed by atoms with Crippen LogP contribution in [0.4, 0.5) is 0 Å². The van der Waals surface area contributed by atoms with Gasteiger partial charge in [-0.15, -0.1) is 0 Å². The Labute approximate surface area is 93.6 Å². The van der Waals surface area contributed by atoms with Gasteiger partial charge in [0.2, 0.25) is 0 Å². The van der Waals surface area contributed by atoms with Crippen LogP contribution < -0.4 is 5.32 Å². The quantitative estimate of drug-likeness (QED) is 0.703. The topological polar surface area (TPSA) is 24.4 Å². The van der Waals surface area contributed by atoms with Gasteiger partial charge in [-0.05, 0) is 44.4 Å². The third-order valence-corrected chi connectivity index (χ3v) is 3.76. The van der Waals surface area contributed by atoms with Gasteiger partial charge < -0.3 is 5.32 Å². The number of rotatable bonds is 1. The van der Waals surface area contributed by atoms with E-state index in [1.54, 1.807) is 0 Å². The number of nitrogens with zero attached hydrogens (tertiary/aromatic N) is 1. The predicted octanol–water partition coefficient (Wildman–Crippen LogP) is 3.13. The summed E-state index contributed by atoms with van der Waals surface area (Å²) in [6.45, 7) is 3.42. The molecule has 0 aromatic carbocycles. The third kappa shape index (κ3) is 3.51. The minimum Gasteiger partial charge on any atom is -0.371 e. The van der Waals surface area contributed by atoms with Gasteiger partial charge in [-0.1, -0.05) is 13.3 Å². The first-order valence-electron chi connectivity index (χ1n) is 6.64. The number of nitrogens with one attached hydrogen (secondary N) is 1. The predicted molar refractivity (Wildman–Crippen MR) is 65.3 cm³/mol. The maximum atomic E-state index is 4.64. The lowest BCUT2D eigenvalue weighted by atomic mass is 9.87. The second-order valence-corrected chi connectivity index (χ2v) is 5.24. The zero-order chi connectivity index (χ0) is 10.5. The van der Waals surface area contributed by atoms with Gasteiger partial charge in [0, 0.05) is 19.0 Å². The summed E-state index contributed by atoms with van der Waals surface area (Å²) in [6, 6.07) is 0.720. The van der Waals surface area contributed by atoms with Crippen LogP contribution in [0.2, 0.25) is 0 Å². The Morgan fingerprint density at radius 2 is 1.87 bits per heavy atom. The number of amidine groups is 1. The van der Waals surface area contributed by atoms with E-state index in [9.17, 15) is 0 Å². The molecule has 2 heteroatoms. The van der Waals surface area contributed by atoms with E-state index in [-0.39, 0.29) is 0 Å². The van der Waals surface area contributed by atoms with Crippen molar-refractivity contribution >= 4 is 5.84 Å². The Morgan fingerprint density at radius 1 is 1.07 bits per heavy atom. The smallest absolute Gasteiger partial charge is 0.0965 e. The molecular formula is C13H24N2. The molecule has 2 aliphatic rings. The summed E-state index contributed by atoms with van der Waals surface area (Å²) in [5, 5.41) is 3.67. The van der Waals surface area contributed by atoms with Crippen molar-refractivity contribution in [2.75, 3.05) is 6.54 Å². The molecule has 0 aromatic heterocycles. The highest BCUT2D eigenvalue weighted by Crippen LogP contribution is 2.23. The van der Waals surface area contributed by atoms with Gasteiger partial charge in [0.05, 0.1) is 5.84 Å². The largest absolute Gasteiger partial charge is 0.371 e. The van der Waals surface area contributed by atoms with E-state index in [1.807, 2.05) is 0 Å². The van der Waals surface area contributed by atoms with Crippen molar-refractivity contribution in [1.29, 1.82) is 0 Å². The zero-order valence-electron chi connectivity index (χ0n) is 9.97. The lowest BCUT2D eigenvalue weighted by Gasteiger charge is -2.28. The molecule has 0 atom stereocenters. The SMILES string of the molecule is CC1CCC(NC2=NCCCCC2)CC1. The summed E-state index contributed by atoms with van der Waals surface area (Å²) < 4.78 is 0. The molecule has 0 radical (unpaired) electrons. The van der Waals surface area contributed by atoms with Crippen molar-refractivity contribution in [2.24, 2.45) is 10.9 Å². The number of hydrogen-bond donors (Lipinski definition) is 1. The standard InChI is InChI=1S/C13H24N2/c1-11-6-8-12(9-7-11)15-13-5-3-2-4-10-14-13/h11-12H,2-10H2,1H3,(H,14,15). The van der Waals surface area contributed by atoms with Crippen molar-refractivity contribution in [3.05, 3.63) is 0 Å². The highest BCUT2D eigenvalue weighted by Gasteiger charge is 2.19. The molecule has 15 heavy (non-hydrogen) atoms. The first-order valence-corrected chi connectivity index (χ1v) is 6.64. The average molecular weight is 208 g/mol. The lowest BCUT2D eigenvalue weighted by Crippen LogP contribution is -2.37. The Hall–Kier alpha value is -0.530. The summed E-state index contributed by atoms with van der Waals surface area (Å²) in [5.74, 6) is 2.24. The Bertz CT molecular complexity index is 215. The van der Waals surface area contributed by atoms with E-state index in [4.69, 9.17) is 0 Å². The van der Waals surface area contributed by atoms with Crippen molar-refractivity contribution in [3.63, 3.8) is 0 Å². The molecule has 1 fully saturated rings. The molecule has 0 bridgehead atoms. The maximum absolute atomic E-state index is 4.64. The van der Waals surface area contributed by atoms with Gasteiger partial charge in [-0.3, -0.25) is 4.99 Å². The molecule has 86 valence electrons. The maximum Gasteiger partial charge on any atom is 0.0965 e. The first kappa shape index (κ1) is 11.0. The fourth-order valence-corrected chi connectivity index (χ4v) is 2.63. The molecule has 0 spiro atoms. The Morgan fingerprint density at radius 3 is 2.67 bits per heavy atom. The monoisotopic (exact) mass is 208 g/mol. The van der Waals surface area contributed by atoms with Crippen LogP contribution >= 0.6 is 0 Å². The van der Waals surface area contributed by atoms with E-state index in [0.717, 1.165) is 18.5 Å². The summed E-state index contributed by atoms with van der Waals surface area (Å²) in [4.78, 5) is 4.64. The van der Waals surface area contributed by atoms with Crippen LogP contribution in [0.25, 0.3) is 0 Å². The summed E-state index contributed by atoms with van der Waals surface area (Å²) >= 11 is 0. The third-order valence-electron chi connectivity index (χ3n) is 3.76. The van der Waals surface area contributed by atoms with Gasteiger partial charge in [-0.25, -0.2) is 0 Å². The van der Waals surface area contributed by atoms with Gasteiger partial charge in [-0.2, -0.15) is 0 Å². The molecule has 1 aliphatic carbocycles. The van der Waals surface area contributed by atoms with Crippen LogP contribution in [0, 0.1) is 5.92 Å². The molecule has 0 unspecified atom stereocenters. The van der Waals surface area contributed by atoms with Crippen molar-refractivity contribution in [1.82, 2.24) is 5.32 Å². The molecule has 0 saturated heterocycles. The van der Waals surface area contributed by atoms with E-state index >= 15 is 0 Å². The second kappa shape index (κ2) is 5.53. The minimum absolute atomic E-state index is 0.720. The molecule has 1 N–H and O–H groups in total. The lowest BCUT2D eigenvalue weighted by molar-refractivity contribution is 0.330. The van der Waals surface area contributed by atoms with Crippen LogP contribution in [0.3, 0.4) is 0 Å². The van der Waals surface area contributed by atoms with E-state index in [2.05, 4.69) is 17.2 Å². The molecule has 1 heterocycles. The molecule has 1 aliphatic heterocycles. The average Bonchev–Trinajstić information content (AvgIpc) is 2.50. The molecule has 2 rings (SSSR count). The number of hydrogen-bond acceptors (Lipinski definition) is 2. The molecule has 0 amide bonds. The van der Waals surface area contributed by atoms with Crippen LogP contribution in [0.15, 0.2) is 4.99 Å². The van der Waals surface area contributed by atoms with Crippen molar-refractivity contribution in [3.8, 4) is 0 Å². The second-order valence-electron chi connectivity index (χ2n) is 5.24. The van der Waals surface area contributed by atoms with Gasteiger partial charge in [0.15, 0.2) is 0 Å². The summed E-state index contributed by atoms with van der Waals surface area (Å²) in [7, 11) is 0. The molecular weight excluding hydrogens is 184 g/mol. The normalized spacial score (nSPS) is 33.0. The minimum atomic E-state index is 0.720. The first-order chi connectivity index (χ1) is 7.34. The van der Waals surface area contributed by atoms with E-state index < -0.39 is 0 Å². The van der Waals surface area contributed by atoms with Gasteiger partial charge in [0.1, 0.15) is 0 Å². The fourth-order valence-electron chi connectivity index (χ4n) is 2.63. The fraction of sp³-hybridized carbons (Fsp3) is 0.923. The van der Waals surface area contributed by atoms with Gasteiger partial charge >= 0.3 is 0 Å². The van der Waals surface area contributed by atoms with Crippen molar-refractivity contribution in [2.45, 2.75) is 64.3 Å². The van der Waals surface area contributed by atoms with Crippen LogP contribution in [0.1, 0.15) is 58.3 Å². The Balaban J connectivity index is 1.77. The van der Waals surface area contributed by atoms with Crippen LogP contribution in [-0.2, 0) is 0 Å². The summed E-state index contributed by atoms with van der Waals surface area (Å²) in [6.07, 6.45) is 10.6. The van der Waals surface area contributed by atoms with Crippen molar-refractivity contribution < 1.29 is 0 Å². The highest BCUT2D eigenvalue weighted by molar-refractivity contribution is 5.82. The highest BCUT2D eigenvalue weighted by atomic mass is 15.0. The van der Waals surface area contributed by atoms with E-state index in [1.165, 1.54) is 57.2 Å². The molecule has 2 nitrogen and oxygen atoms in total. The van der Waals surface area contributed by atoms with Gasteiger partial charge in [0.25, 0.3) is 0 Å². The van der Waals surface area contributed by atoms with E-state index in [0.29, 0.717) is 0 Å².